The SMILES string of the molecule is CC/C=C\C/C=C\C/C=C\C/C=C\CCCCCCCCCCCCCCCCC(=O)OCC(COC(=O)CCCCCCC)OC(=O)CCCCCCC/C=C\CCCCCCCC. The number of hydrogen-bond donors (Lipinski definition) is 0. The van der Waals surface area contributed by atoms with Gasteiger partial charge in [-0.05, 0) is 83.5 Å². The van der Waals surface area contributed by atoms with Gasteiger partial charge < -0.3 is 14.2 Å². The molecule has 6 heteroatoms. The van der Waals surface area contributed by atoms with Crippen LogP contribution in [-0.4, -0.2) is 37.2 Å². The van der Waals surface area contributed by atoms with Crippen LogP contribution in [0.5, 0.6) is 0 Å². The topological polar surface area (TPSA) is 78.9 Å². The molecule has 65 heavy (non-hydrogen) atoms. The third-order valence-corrected chi connectivity index (χ3v) is 12.0. The van der Waals surface area contributed by atoms with Crippen molar-refractivity contribution in [1.29, 1.82) is 0 Å². The Morgan fingerprint density at radius 1 is 0.323 bits per heavy atom. The Bertz CT molecular complexity index is 1180. The summed E-state index contributed by atoms with van der Waals surface area (Å²) in [6.07, 6.45) is 66.9. The van der Waals surface area contributed by atoms with Crippen LogP contribution in [-0.2, 0) is 28.6 Å². The predicted molar refractivity (Wildman–Crippen MR) is 279 cm³/mol. The Kier molecular flexibility index (Phi) is 51.3. The van der Waals surface area contributed by atoms with E-state index >= 15 is 0 Å². The lowest BCUT2D eigenvalue weighted by molar-refractivity contribution is -0.167. The molecule has 0 spiro atoms. The second-order valence-corrected chi connectivity index (χ2v) is 18.5. The third kappa shape index (κ3) is 51.9. The number of allylic oxidation sites excluding steroid dienone is 10. The van der Waals surface area contributed by atoms with Crippen molar-refractivity contribution >= 4 is 17.9 Å². The van der Waals surface area contributed by atoms with E-state index in [4.69, 9.17) is 14.2 Å². The Hall–Kier alpha value is -2.89. The number of unbranched alkanes of at least 4 members (excludes halogenated alkanes) is 29. The van der Waals surface area contributed by atoms with Gasteiger partial charge in [-0.3, -0.25) is 14.4 Å². The molecule has 0 amide bonds. The molecule has 0 aliphatic heterocycles. The van der Waals surface area contributed by atoms with Gasteiger partial charge in [0.05, 0.1) is 0 Å². The highest BCUT2D eigenvalue weighted by atomic mass is 16.6. The summed E-state index contributed by atoms with van der Waals surface area (Å²) in [5, 5.41) is 0. The van der Waals surface area contributed by atoms with Crippen molar-refractivity contribution < 1.29 is 28.6 Å². The Labute approximate surface area is 402 Å². The fourth-order valence-electron chi connectivity index (χ4n) is 7.84. The zero-order valence-electron chi connectivity index (χ0n) is 43.0. The van der Waals surface area contributed by atoms with Crippen LogP contribution >= 0.6 is 0 Å². The summed E-state index contributed by atoms with van der Waals surface area (Å²) in [4.78, 5) is 37.7. The molecule has 376 valence electrons. The zero-order valence-corrected chi connectivity index (χ0v) is 43.0. The molecule has 6 nitrogen and oxygen atoms in total. The maximum atomic E-state index is 12.7. The molecular weight excluding hydrogens is 805 g/mol. The largest absolute Gasteiger partial charge is 0.462 e. The van der Waals surface area contributed by atoms with Crippen LogP contribution in [0.25, 0.3) is 0 Å². The zero-order chi connectivity index (χ0) is 47.2. The van der Waals surface area contributed by atoms with Crippen LogP contribution < -0.4 is 0 Å². The first-order chi connectivity index (χ1) is 32.0. The highest BCUT2D eigenvalue weighted by Gasteiger charge is 2.19. The molecule has 0 radical (unpaired) electrons. The second-order valence-electron chi connectivity index (χ2n) is 18.5. The minimum absolute atomic E-state index is 0.0760. The molecule has 0 saturated carbocycles. The molecule has 0 aliphatic rings. The molecule has 0 aromatic heterocycles. The molecule has 0 heterocycles. The number of hydrogen-bond acceptors (Lipinski definition) is 6. The Morgan fingerprint density at radius 2 is 0.600 bits per heavy atom. The molecular formula is C59H104O6. The van der Waals surface area contributed by atoms with Gasteiger partial charge in [0.2, 0.25) is 0 Å². The van der Waals surface area contributed by atoms with Gasteiger partial charge in [0, 0.05) is 19.3 Å². The molecule has 0 aliphatic carbocycles. The monoisotopic (exact) mass is 909 g/mol. The minimum Gasteiger partial charge on any atom is -0.462 e. The molecule has 0 bridgehead atoms. The Balaban J connectivity index is 4.04. The van der Waals surface area contributed by atoms with Gasteiger partial charge >= 0.3 is 17.9 Å². The van der Waals surface area contributed by atoms with Crippen molar-refractivity contribution in [2.24, 2.45) is 0 Å². The van der Waals surface area contributed by atoms with Crippen LogP contribution in [0.3, 0.4) is 0 Å². The van der Waals surface area contributed by atoms with E-state index in [0.717, 1.165) is 96.3 Å². The second kappa shape index (κ2) is 53.7. The number of esters is 3. The summed E-state index contributed by atoms with van der Waals surface area (Å²) < 4.78 is 16.7. The number of carbonyl (C=O) groups is 3. The Morgan fingerprint density at radius 3 is 0.954 bits per heavy atom. The summed E-state index contributed by atoms with van der Waals surface area (Å²) >= 11 is 0. The first-order valence-electron chi connectivity index (χ1n) is 27.8. The van der Waals surface area contributed by atoms with Crippen molar-refractivity contribution in [3.8, 4) is 0 Å². The maximum Gasteiger partial charge on any atom is 0.306 e. The van der Waals surface area contributed by atoms with Crippen molar-refractivity contribution in [3.63, 3.8) is 0 Å². The van der Waals surface area contributed by atoms with Gasteiger partial charge in [0.25, 0.3) is 0 Å². The molecule has 1 unspecified atom stereocenters. The summed E-state index contributed by atoms with van der Waals surface area (Å²) in [5.41, 5.74) is 0. The average molecular weight is 909 g/mol. The quantitative estimate of drug-likeness (QED) is 0.0262. The van der Waals surface area contributed by atoms with Crippen LogP contribution in [0.1, 0.15) is 278 Å². The molecule has 0 aromatic carbocycles. The first-order valence-corrected chi connectivity index (χ1v) is 27.8. The first kappa shape index (κ1) is 62.1. The van der Waals surface area contributed by atoms with E-state index in [1.807, 2.05) is 0 Å². The lowest BCUT2D eigenvalue weighted by Gasteiger charge is -2.18. The van der Waals surface area contributed by atoms with Gasteiger partial charge in [-0.1, -0.05) is 236 Å². The molecule has 1 atom stereocenters. The van der Waals surface area contributed by atoms with E-state index < -0.39 is 6.10 Å². The van der Waals surface area contributed by atoms with E-state index in [1.165, 1.54) is 141 Å². The fraction of sp³-hybridized carbons (Fsp3) is 0.780. The van der Waals surface area contributed by atoms with Gasteiger partial charge in [-0.25, -0.2) is 0 Å². The number of ether oxygens (including phenoxy) is 3. The molecule has 0 rings (SSSR count). The molecule has 0 saturated heterocycles. The van der Waals surface area contributed by atoms with E-state index in [2.05, 4.69) is 81.5 Å². The van der Waals surface area contributed by atoms with Gasteiger partial charge in [0.15, 0.2) is 6.10 Å². The third-order valence-electron chi connectivity index (χ3n) is 12.0. The van der Waals surface area contributed by atoms with Crippen LogP contribution in [0.15, 0.2) is 60.8 Å². The average Bonchev–Trinajstić information content (AvgIpc) is 3.30. The van der Waals surface area contributed by atoms with Gasteiger partial charge in [-0.15, -0.1) is 0 Å². The lowest BCUT2D eigenvalue weighted by Crippen LogP contribution is -2.30. The highest BCUT2D eigenvalue weighted by molar-refractivity contribution is 5.71. The molecule has 0 fully saturated rings. The van der Waals surface area contributed by atoms with Crippen molar-refractivity contribution in [3.05, 3.63) is 60.8 Å². The standard InChI is InChI=1S/C59H104O6/c1-4-7-10-13-15-17-19-21-23-24-25-26-27-28-29-30-31-32-33-34-36-37-39-41-43-46-49-52-58(61)64-55-56(54-63-57(60)51-48-45-12-9-6-3)65-59(62)53-50-47-44-42-40-38-35-22-20-18-16-14-11-8-5-2/h7,10,15,17,21-23,25-26,35,56H,4-6,8-9,11-14,16,18-20,24,27-34,36-55H2,1-3H3/b10-7-,17-15-,23-21-,26-25-,35-22-. The minimum atomic E-state index is -0.773. The van der Waals surface area contributed by atoms with Crippen molar-refractivity contribution in [1.82, 2.24) is 0 Å². The van der Waals surface area contributed by atoms with E-state index in [1.54, 1.807) is 0 Å². The highest BCUT2D eigenvalue weighted by Crippen LogP contribution is 2.16. The number of rotatable bonds is 50. The summed E-state index contributed by atoms with van der Waals surface area (Å²) in [5.74, 6) is -0.892. The summed E-state index contributed by atoms with van der Waals surface area (Å²) in [6, 6.07) is 0. The van der Waals surface area contributed by atoms with E-state index in [9.17, 15) is 14.4 Å². The lowest BCUT2D eigenvalue weighted by atomic mass is 10.0. The predicted octanol–water partition coefficient (Wildman–Crippen LogP) is 18.4. The smallest absolute Gasteiger partial charge is 0.306 e. The maximum absolute atomic E-state index is 12.7. The van der Waals surface area contributed by atoms with Crippen molar-refractivity contribution in [2.75, 3.05) is 13.2 Å². The van der Waals surface area contributed by atoms with Crippen molar-refractivity contribution in [2.45, 2.75) is 284 Å². The van der Waals surface area contributed by atoms with Crippen LogP contribution in [0, 0.1) is 0 Å². The summed E-state index contributed by atoms with van der Waals surface area (Å²) in [7, 11) is 0. The van der Waals surface area contributed by atoms with E-state index in [0.29, 0.717) is 19.3 Å². The van der Waals surface area contributed by atoms with Gasteiger partial charge in [-0.2, -0.15) is 0 Å². The summed E-state index contributed by atoms with van der Waals surface area (Å²) in [6.45, 7) is 6.45. The van der Waals surface area contributed by atoms with Crippen LogP contribution in [0.2, 0.25) is 0 Å². The molecule has 0 N–H and O–H groups in total. The molecule has 0 aromatic rings. The normalized spacial score (nSPS) is 12.5. The fourth-order valence-corrected chi connectivity index (χ4v) is 7.84. The number of carbonyl (C=O) groups excluding carboxylic acids is 3. The van der Waals surface area contributed by atoms with E-state index in [-0.39, 0.29) is 31.1 Å². The van der Waals surface area contributed by atoms with Crippen LogP contribution in [0.4, 0.5) is 0 Å². The van der Waals surface area contributed by atoms with Gasteiger partial charge in [0.1, 0.15) is 13.2 Å².